The van der Waals surface area contributed by atoms with Gasteiger partial charge >= 0.3 is 0 Å². The molecule has 3 atom stereocenters. The summed E-state index contributed by atoms with van der Waals surface area (Å²) in [7, 11) is 4.17. The topological polar surface area (TPSA) is 23.5 Å². The first-order chi connectivity index (χ1) is 12.8. The SMILES string of the molecule is CN(C)CC1CC(Cc2ccc(Cl)cc2)CCC1(O)Cc1cccc(Cl)c1. The lowest BCUT2D eigenvalue weighted by Gasteiger charge is -2.44. The van der Waals surface area contributed by atoms with Gasteiger partial charge in [-0.05, 0) is 81.1 Å². The summed E-state index contributed by atoms with van der Waals surface area (Å²) in [6.45, 7) is 0.897. The molecular formula is C23H29Cl2NO. The van der Waals surface area contributed by atoms with Crippen LogP contribution in [-0.4, -0.2) is 36.2 Å². The van der Waals surface area contributed by atoms with E-state index in [4.69, 9.17) is 23.2 Å². The van der Waals surface area contributed by atoms with E-state index in [-0.39, 0.29) is 5.92 Å². The fraction of sp³-hybridized carbons (Fsp3) is 0.478. The molecule has 0 heterocycles. The standard InChI is InChI=1S/C23H29Cl2NO/c1-26(2)16-20-13-18(12-17-6-8-21(24)9-7-17)10-11-23(20,27)15-19-4-3-5-22(25)14-19/h3-9,14,18,20,27H,10-13,15-16H2,1-2H3. The zero-order chi connectivity index (χ0) is 19.4. The molecule has 1 saturated carbocycles. The fourth-order valence-corrected chi connectivity index (χ4v) is 4.79. The molecule has 146 valence electrons. The van der Waals surface area contributed by atoms with Gasteiger partial charge in [0.2, 0.25) is 0 Å². The van der Waals surface area contributed by atoms with Crippen LogP contribution in [0.5, 0.6) is 0 Å². The molecule has 0 bridgehead atoms. The quantitative estimate of drug-likeness (QED) is 0.686. The third-order valence-corrected chi connectivity index (χ3v) is 6.27. The number of rotatable bonds is 6. The van der Waals surface area contributed by atoms with Crippen LogP contribution in [0.4, 0.5) is 0 Å². The van der Waals surface area contributed by atoms with E-state index in [0.29, 0.717) is 12.3 Å². The van der Waals surface area contributed by atoms with Crippen LogP contribution in [-0.2, 0) is 12.8 Å². The average molecular weight is 406 g/mol. The summed E-state index contributed by atoms with van der Waals surface area (Å²) in [5.41, 5.74) is 1.77. The van der Waals surface area contributed by atoms with E-state index in [2.05, 4.69) is 37.2 Å². The molecule has 0 saturated heterocycles. The molecule has 0 amide bonds. The van der Waals surface area contributed by atoms with Gasteiger partial charge in [-0.1, -0.05) is 47.5 Å². The average Bonchev–Trinajstić information content (AvgIpc) is 2.60. The van der Waals surface area contributed by atoms with Crippen LogP contribution in [0, 0.1) is 11.8 Å². The van der Waals surface area contributed by atoms with E-state index >= 15 is 0 Å². The molecule has 0 aliphatic heterocycles. The first kappa shape index (κ1) is 20.7. The van der Waals surface area contributed by atoms with Gasteiger partial charge in [-0.15, -0.1) is 0 Å². The summed E-state index contributed by atoms with van der Waals surface area (Å²) < 4.78 is 0. The van der Waals surface area contributed by atoms with Crippen molar-refractivity contribution >= 4 is 23.2 Å². The van der Waals surface area contributed by atoms with E-state index in [1.165, 1.54) is 5.56 Å². The van der Waals surface area contributed by atoms with Crippen LogP contribution in [0.1, 0.15) is 30.4 Å². The summed E-state index contributed by atoms with van der Waals surface area (Å²) in [4.78, 5) is 2.19. The smallest absolute Gasteiger partial charge is 0.0728 e. The molecule has 0 spiro atoms. The highest BCUT2D eigenvalue weighted by molar-refractivity contribution is 6.30. The van der Waals surface area contributed by atoms with Gasteiger partial charge in [0.05, 0.1) is 5.60 Å². The van der Waals surface area contributed by atoms with E-state index < -0.39 is 5.60 Å². The van der Waals surface area contributed by atoms with Gasteiger partial charge in [-0.2, -0.15) is 0 Å². The molecule has 4 heteroatoms. The number of hydrogen-bond donors (Lipinski definition) is 1. The van der Waals surface area contributed by atoms with Crippen molar-refractivity contribution < 1.29 is 5.11 Å². The van der Waals surface area contributed by atoms with Gasteiger partial charge in [0.15, 0.2) is 0 Å². The number of nitrogens with zero attached hydrogens (tertiary/aromatic N) is 1. The summed E-state index contributed by atoms with van der Waals surface area (Å²) in [5, 5.41) is 13.1. The number of benzene rings is 2. The van der Waals surface area contributed by atoms with E-state index in [9.17, 15) is 5.11 Å². The van der Waals surface area contributed by atoms with Crippen LogP contribution >= 0.6 is 23.2 Å². The Morgan fingerprint density at radius 1 is 1.04 bits per heavy atom. The first-order valence-corrected chi connectivity index (χ1v) is 10.5. The lowest BCUT2D eigenvalue weighted by molar-refractivity contribution is -0.0685. The molecule has 3 unspecified atom stereocenters. The van der Waals surface area contributed by atoms with Crippen molar-refractivity contribution in [1.82, 2.24) is 4.90 Å². The van der Waals surface area contributed by atoms with Crippen LogP contribution in [0.25, 0.3) is 0 Å². The maximum Gasteiger partial charge on any atom is 0.0728 e. The maximum absolute atomic E-state index is 11.6. The Morgan fingerprint density at radius 2 is 1.78 bits per heavy atom. The number of hydrogen-bond acceptors (Lipinski definition) is 2. The summed E-state index contributed by atoms with van der Waals surface area (Å²) in [6.07, 6.45) is 4.63. The van der Waals surface area contributed by atoms with Crippen molar-refractivity contribution in [2.75, 3.05) is 20.6 Å². The highest BCUT2D eigenvalue weighted by atomic mass is 35.5. The van der Waals surface area contributed by atoms with Crippen molar-refractivity contribution in [3.8, 4) is 0 Å². The van der Waals surface area contributed by atoms with Crippen LogP contribution < -0.4 is 0 Å². The van der Waals surface area contributed by atoms with Crippen molar-refractivity contribution in [1.29, 1.82) is 0 Å². The minimum atomic E-state index is -0.675. The summed E-state index contributed by atoms with van der Waals surface area (Å²) in [5.74, 6) is 0.841. The Labute approximate surface area is 173 Å². The Bertz CT molecular complexity index is 746. The highest BCUT2D eigenvalue weighted by Gasteiger charge is 2.42. The molecule has 2 nitrogen and oxygen atoms in total. The van der Waals surface area contributed by atoms with E-state index in [1.54, 1.807) is 0 Å². The summed E-state index contributed by atoms with van der Waals surface area (Å²) >= 11 is 12.2. The van der Waals surface area contributed by atoms with Gasteiger partial charge in [-0.25, -0.2) is 0 Å². The largest absolute Gasteiger partial charge is 0.389 e. The second kappa shape index (κ2) is 8.96. The van der Waals surface area contributed by atoms with Crippen LogP contribution in [0.2, 0.25) is 10.0 Å². The van der Waals surface area contributed by atoms with Crippen molar-refractivity contribution in [3.63, 3.8) is 0 Å². The van der Waals surface area contributed by atoms with Crippen LogP contribution in [0.3, 0.4) is 0 Å². The number of halogens is 2. The first-order valence-electron chi connectivity index (χ1n) is 9.70. The summed E-state index contributed by atoms with van der Waals surface area (Å²) in [6, 6.07) is 16.1. The lowest BCUT2D eigenvalue weighted by atomic mass is 9.67. The van der Waals surface area contributed by atoms with Gasteiger partial charge in [0, 0.05) is 28.9 Å². The molecule has 2 aromatic carbocycles. The molecule has 1 N–H and O–H groups in total. The molecule has 2 aromatic rings. The molecule has 1 aliphatic carbocycles. The van der Waals surface area contributed by atoms with E-state index in [1.807, 2.05) is 30.3 Å². The predicted molar refractivity (Wildman–Crippen MR) is 115 cm³/mol. The normalized spacial score (nSPS) is 25.7. The third kappa shape index (κ3) is 5.71. The maximum atomic E-state index is 11.6. The van der Waals surface area contributed by atoms with Crippen molar-refractivity contribution in [2.24, 2.45) is 11.8 Å². The lowest BCUT2D eigenvalue weighted by Crippen LogP contribution is -2.49. The molecule has 1 fully saturated rings. The van der Waals surface area contributed by atoms with Gasteiger partial charge in [0.25, 0.3) is 0 Å². The second-order valence-corrected chi connectivity index (χ2v) is 9.21. The van der Waals surface area contributed by atoms with Gasteiger partial charge < -0.3 is 10.0 Å². The molecule has 0 aromatic heterocycles. The molecule has 27 heavy (non-hydrogen) atoms. The second-order valence-electron chi connectivity index (χ2n) is 8.34. The Balaban J connectivity index is 1.72. The Morgan fingerprint density at radius 3 is 2.44 bits per heavy atom. The fourth-order valence-electron chi connectivity index (χ4n) is 4.46. The van der Waals surface area contributed by atoms with Gasteiger partial charge in [0.1, 0.15) is 0 Å². The predicted octanol–water partition coefficient (Wildman–Crippen LogP) is 5.49. The third-order valence-electron chi connectivity index (χ3n) is 5.79. The van der Waals surface area contributed by atoms with Gasteiger partial charge in [-0.3, -0.25) is 0 Å². The van der Waals surface area contributed by atoms with E-state index in [0.717, 1.165) is 47.8 Å². The number of aliphatic hydroxyl groups is 1. The minimum Gasteiger partial charge on any atom is -0.389 e. The van der Waals surface area contributed by atoms with Crippen LogP contribution in [0.15, 0.2) is 48.5 Å². The monoisotopic (exact) mass is 405 g/mol. The zero-order valence-electron chi connectivity index (χ0n) is 16.2. The molecule has 0 radical (unpaired) electrons. The zero-order valence-corrected chi connectivity index (χ0v) is 17.7. The highest BCUT2D eigenvalue weighted by Crippen LogP contribution is 2.41. The van der Waals surface area contributed by atoms with Crippen molar-refractivity contribution in [2.45, 2.75) is 37.7 Å². The Hall–Kier alpha value is -1.06. The molecular weight excluding hydrogens is 377 g/mol. The van der Waals surface area contributed by atoms with Crippen molar-refractivity contribution in [3.05, 3.63) is 69.7 Å². The molecule has 3 rings (SSSR count). The molecule has 1 aliphatic rings. The Kier molecular flexibility index (Phi) is 6.86. The minimum absolute atomic E-state index is 0.248.